The van der Waals surface area contributed by atoms with E-state index in [0.29, 0.717) is 6.54 Å². The third-order valence-electron chi connectivity index (χ3n) is 3.12. The molecule has 0 saturated heterocycles. The fourth-order valence-corrected chi connectivity index (χ4v) is 2.24. The number of nitrogens with zero attached hydrogens (tertiary/aromatic N) is 3. The molecule has 0 radical (unpaired) electrons. The van der Waals surface area contributed by atoms with Gasteiger partial charge in [0.1, 0.15) is 5.82 Å². The van der Waals surface area contributed by atoms with Gasteiger partial charge in [0.05, 0.1) is 17.9 Å². The fourth-order valence-electron chi connectivity index (χ4n) is 2.24. The molecule has 1 aromatic carbocycles. The highest BCUT2D eigenvalue weighted by molar-refractivity contribution is 5.79. The van der Waals surface area contributed by atoms with Crippen LogP contribution in [0.15, 0.2) is 30.3 Å². The van der Waals surface area contributed by atoms with Gasteiger partial charge in [0, 0.05) is 19.2 Å². The SMILES string of the molecule is Cc1nn(-c2ccccc2)c(N(C)CC(N)=O)c1CN. The summed E-state index contributed by atoms with van der Waals surface area (Å²) >= 11 is 0. The molecule has 106 valence electrons. The highest BCUT2D eigenvalue weighted by Gasteiger charge is 2.19. The van der Waals surface area contributed by atoms with Gasteiger partial charge < -0.3 is 16.4 Å². The number of likely N-dealkylation sites (N-methyl/N-ethyl adjacent to an activating group) is 1. The average Bonchev–Trinajstić information content (AvgIpc) is 2.75. The van der Waals surface area contributed by atoms with E-state index >= 15 is 0 Å². The van der Waals surface area contributed by atoms with E-state index < -0.39 is 5.91 Å². The van der Waals surface area contributed by atoms with Crippen molar-refractivity contribution in [3.63, 3.8) is 0 Å². The lowest BCUT2D eigenvalue weighted by atomic mass is 10.2. The maximum Gasteiger partial charge on any atom is 0.236 e. The van der Waals surface area contributed by atoms with Crippen LogP contribution in [0.3, 0.4) is 0 Å². The largest absolute Gasteiger partial charge is 0.368 e. The first-order valence-electron chi connectivity index (χ1n) is 6.38. The maximum atomic E-state index is 11.2. The Morgan fingerprint density at radius 3 is 2.55 bits per heavy atom. The number of nitrogens with two attached hydrogens (primary N) is 2. The highest BCUT2D eigenvalue weighted by Crippen LogP contribution is 2.25. The molecule has 6 nitrogen and oxygen atoms in total. The normalized spacial score (nSPS) is 10.6. The molecule has 2 rings (SSSR count). The van der Waals surface area contributed by atoms with Gasteiger partial charge in [-0.3, -0.25) is 4.79 Å². The maximum absolute atomic E-state index is 11.2. The third kappa shape index (κ3) is 2.65. The molecule has 4 N–H and O–H groups in total. The van der Waals surface area contributed by atoms with Gasteiger partial charge in [-0.05, 0) is 19.1 Å². The molecule has 1 heterocycles. The van der Waals surface area contributed by atoms with E-state index in [9.17, 15) is 4.79 Å². The van der Waals surface area contributed by atoms with Crippen LogP contribution in [0.25, 0.3) is 5.69 Å². The summed E-state index contributed by atoms with van der Waals surface area (Å²) in [6.07, 6.45) is 0. The minimum Gasteiger partial charge on any atom is -0.368 e. The van der Waals surface area contributed by atoms with Gasteiger partial charge in [-0.25, -0.2) is 4.68 Å². The van der Waals surface area contributed by atoms with E-state index in [4.69, 9.17) is 11.5 Å². The van der Waals surface area contributed by atoms with Crippen molar-refractivity contribution in [1.82, 2.24) is 9.78 Å². The number of hydrogen-bond acceptors (Lipinski definition) is 4. The molecule has 0 bridgehead atoms. The van der Waals surface area contributed by atoms with E-state index in [2.05, 4.69) is 5.10 Å². The number of amides is 1. The molecular weight excluding hydrogens is 254 g/mol. The van der Waals surface area contributed by atoms with Gasteiger partial charge in [-0.1, -0.05) is 18.2 Å². The molecule has 0 aliphatic heterocycles. The fraction of sp³-hybridized carbons (Fsp3) is 0.286. The number of carbonyl (C=O) groups is 1. The van der Waals surface area contributed by atoms with Crippen molar-refractivity contribution >= 4 is 11.7 Å². The monoisotopic (exact) mass is 273 g/mol. The Morgan fingerprint density at radius 2 is 2.00 bits per heavy atom. The van der Waals surface area contributed by atoms with Gasteiger partial charge >= 0.3 is 0 Å². The Hall–Kier alpha value is -2.34. The number of benzene rings is 1. The summed E-state index contributed by atoms with van der Waals surface area (Å²) in [5.41, 5.74) is 13.8. The number of para-hydroxylation sites is 1. The number of aromatic nitrogens is 2. The molecule has 0 atom stereocenters. The Kier molecular flexibility index (Phi) is 4.05. The minimum atomic E-state index is -0.395. The number of anilines is 1. The molecule has 0 aliphatic carbocycles. The number of carbonyl (C=O) groups excluding carboxylic acids is 1. The number of primary amides is 1. The Bertz CT molecular complexity index is 606. The Balaban J connectivity index is 2.55. The summed E-state index contributed by atoms with van der Waals surface area (Å²) in [4.78, 5) is 12.9. The first-order chi connectivity index (χ1) is 9.54. The molecule has 0 spiro atoms. The van der Waals surface area contributed by atoms with Crippen LogP contribution >= 0.6 is 0 Å². The zero-order chi connectivity index (χ0) is 14.7. The molecule has 2 aromatic rings. The van der Waals surface area contributed by atoms with Crippen molar-refractivity contribution in [2.75, 3.05) is 18.5 Å². The van der Waals surface area contributed by atoms with Crippen molar-refractivity contribution in [1.29, 1.82) is 0 Å². The Morgan fingerprint density at radius 1 is 1.35 bits per heavy atom. The van der Waals surface area contributed by atoms with Crippen molar-refractivity contribution in [3.05, 3.63) is 41.6 Å². The Labute approximate surface area is 118 Å². The zero-order valence-corrected chi connectivity index (χ0v) is 11.7. The van der Waals surface area contributed by atoms with E-state index in [1.165, 1.54) is 0 Å². The molecule has 6 heteroatoms. The molecular formula is C14H19N5O. The van der Waals surface area contributed by atoms with Gasteiger partial charge in [0.25, 0.3) is 0 Å². The summed E-state index contributed by atoms with van der Waals surface area (Å²) in [7, 11) is 1.81. The van der Waals surface area contributed by atoms with Crippen LogP contribution in [0.5, 0.6) is 0 Å². The topological polar surface area (TPSA) is 90.2 Å². The first-order valence-corrected chi connectivity index (χ1v) is 6.38. The summed E-state index contributed by atoms with van der Waals surface area (Å²) in [6.45, 7) is 2.38. The second-order valence-corrected chi connectivity index (χ2v) is 4.66. The number of hydrogen-bond donors (Lipinski definition) is 2. The molecule has 1 aromatic heterocycles. The number of rotatable bonds is 5. The van der Waals surface area contributed by atoms with Crippen LogP contribution < -0.4 is 16.4 Å². The van der Waals surface area contributed by atoms with E-state index in [-0.39, 0.29) is 6.54 Å². The van der Waals surface area contributed by atoms with Crippen molar-refractivity contribution in [2.45, 2.75) is 13.5 Å². The third-order valence-corrected chi connectivity index (χ3v) is 3.12. The predicted octanol–water partition coefficient (Wildman–Crippen LogP) is 0.561. The molecule has 1 amide bonds. The minimum absolute atomic E-state index is 0.116. The lowest BCUT2D eigenvalue weighted by Crippen LogP contribution is -2.32. The second-order valence-electron chi connectivity index (χ2n) is 4.66. The highest BCUT2D eigenvalue weighted by atomic mass is 16.1. The van der Waals surface area contributed by atoms with Crippen LogP contribution in [0.4, 0.5) is 5.82 Å². The average molecular weight is 273 g/mol. The summed E-state index contributed by atoms with van der Waals surface area (Å²) < 4.78 is 1.79. The second kappa shape index (κ2) is 5.75. The summed E-state index contributed by atoms with van der Waals surface area (Å²) in [6, 6.07) is 9.72. The molecule has 20 heavy (non-hydrogen) atoms. The van der Waals surface area contributed by atoms with Gasteiger partial charge in [-0.15, -0.1) is 0 Å². The first kappa shape index (κ1) is 14.1. The van der Waals surface area contributed by atoms with E-state index in [1.807, 2.05) is 37.3 Å². The predicted molar refractivity (Wildman–Crippen MR) is 78.7 cm³/mol. The van der Waals surface area contributed by atoms with Gasteiger partial charge in [0.2, 0.25) is 5.91 Å². The quantitative estimate of drug-likeness (QED) is 0.833. The van der Waals surface area contributed by atoms with Crippen LogP contribution in [0, 0.1) is 6.92 Å². The number of aryl methyl sites for hydroxylation is 1. The standard InChI is InChI=1S/C14H19N5O/c1-10-12(8-15)14(18(2)9-13(16)20)19(17-10)11-6-4-3-5-7-11/h3-7H,8-9,15H2,1-2H3,(H2,16,20). The van der Waals surface area contributed by atoms with Gasteiger partial charge in [-0.2, -0.15) is 5.10 Å². The van der Waals surface area contributed by atoms with E-state index in [0.717, 1.165) is 22.8 Å². The molecule has 0 aliphatic rings. The summed E-state index contributed by atoms with van der Waals surface area (Å²) in [5, 5.41) is 4.52. The molecule has 0 saturated carbocycles. The van der Waals surface area contributed by atoms with E-state index in [1.54, 1.807) is 16.6 Å². The van der Waals surface area contributed by atoms with Crippen molar-refractivity contribution in [3.8, 4) is 5.69 Å². The van der Waals surface area contributed by atoms with Crippen LogP contribution in [-0.4, -0.2) is 29.3 Å². The summed E-state index contributed by atoms with van der Waals surface area (Å²) in [5.74, 6) is 0.406. The van der Waals surface area contributed by atoms with Crippen molar-refractivity contribution < 1.29 is 4.79 Å². The smallest absolute Gasteiger partial charge is 0.236 e. The lowest BCUT2D eigenvalue weighted by molar-refractivity contribution is -0.116. The molecule has 0 fully saturated rings. The lowest BCUT2D eigenvalue weighted by Gasteiger charge is -2.20. The van der Waals surface area contributed by atoms with Crippen LogP contribution in [0.2, 0.25) is 0 Å². The van der Waals surface area contributed by atoms with Crippen molar-refractivity contribution in [2.24, 2.45) is 11.5 Å². The van der Waals surface area contributed by atoms with Crippen LogP contribution in [-0.2, 0) is 11.3 Å². The van der Waals surface area contributed by atoms with Gasteiger partial charge in [0.15, 0.2) is 0 Å². The van der Waals surface area contributed by atoms with Crippen LogP contribution in [0.1, 0.15) is 11.3 Å². The zero-order valence-electron chi connectivity index (χ0n) is 11.7. The molecule has 0 unspecified atom stereocenters.